The molecule has 4 heteroatoms. The summed E-state index contributed by atoms with van der Waals surface area (Å²) in [4.78, 5) is 0.399. The van der Waals surface area contributed by atoms with Gasteiger partial charge in [-0.2, -0.15) is 0 Å². The molecule has 2 N–H and O–H groups in total. The van der Waals surface area contributed by atoms with Gasteiger partial charge in [0, 0.05) is 12.7 Å². The highest BCUT2D eigenvalue weighted by Crippen LogP contribution is 2.24. The molecule has 2 aromatic carbocycles. The Kier molecular flexibility index (Phi) is 4.71. The first-order valence-electron chi connectivity index (χ1n) is 6.26. The number of hydrogen-bond donors (Lipinski definition) is 1. The van der Waals surface area contributed by atoms with Gasteiger partial charge in [0.15, 0.2) is 0 Å². The van der Waals surface area contributed by atoms with Crippen LogP contribution in [0, 0.1) is 6.92 Å². The predicted molar refractivity (Wildman–Crippen MR) is 84.3 cm³/mol. The van der Waals surface area contributed by atoms with Crippen molar-refractivity contribution < 1.29 is 9.47 Å². The number of nitrogens with two attached hydrogens (primary N) is 1. The van der Waals surface area contributed by atoms with E-state index in [1.807, 2.05) is 49.4 Å². The van der Waals surface area contributed by atoms with Gasteiger partial charge in [0.25, 0.3) is 0 Å². The van der Waals surface area contributed by atoms with Crippen LogP contribution in [0.5, 0.6) is 11.5 Å². The molecule has 3 nitrogen and oxygen atoms in total. The van der Waals surface area contributed by atoms with E-state index in [1.54, 1.807) is 7.11 Å². The Morgan fingerprint density at radius 1 is 1.15 bits per heavy atom. The number of rotatable bonds is 5. The fourth-order valence-corrected chi connectivity index (χ4v) is 2.21. The van der Waals surface area contributed by atoms with Crippen LogP contribution in [0.2, 0.25) is 0 Å². The second-order valence-corrected chi connectivity index (χ2v) is 4.96. The van der Waals surface area contributed by atoms with Crippen LogP contribution < -0.4 is 10.5 Å². The Balaban J connectivity index is 2.19. The number of thiocarbonyl (C=S) groups is 1. The highest BCUT2D eigenvalue weighted by molar-refractivity contribution is 7.80. The van der Waals surface area contributed by atoms with E-state index < -0.39 is 0 Å². The van der Waals surface area contributed by atoms with Crippen LogP contribution >= 0.6 is 12.2 Å². The first-order valence-corrected chi connectivity index (χ1v) is 6.67. The molecule has 0 bridgehead atoms. The molecule has 0 fully saturated rings. The normalized spacial score (nSPS) is 10.3. The summed E-state index contributed by atoms with van der Waals surface area (Å²) >= 11 is 4.99. The second-order valence-electron chi connectivity index (χ2n) is 4.52. The molecule has 104 valence electrons. The zero-order chi connectivity index (χ0) is 14.5. The minimum absolute atomic E-state index is 0.399. The lowest BCUT2D eigenvalue weighted by atomic mass is 10.1. The Hall–Kier alpha value is -1.91. The predicted octanol–water partition coefficient (Wildman–Crippen LogP) is 3.57. The van der Waals surface area contributed by atoms with Gasteiger partial charge in [0.1, 0.15) is 16.5 Å². The van der Waals surface area contributed by atoms with Crippen molar-refractivity contribution in [2.45, 2.75) is 13.5 Å². The summed E-state index contributed by atoms with van der Waals surface area (Å²) in [6, 6.07) is 13.5. The first-order chi connectivity index (χ1) is 9.60. The Bertz CT molecular complexity index is 626. The molecule has 0 aliphatic heterocycles. The van der Waals surface area contributed by atoms with Crippen LogP contribution in [0.15, 0.2) is 42.5 Å². The van der Waals surface area contributed by atoms with Gasteiger partial charge in [-0.3, -0.25) is 0 Å². The monoisotopic (exact) mass is 287 g/mol. The van der Waals surface area contributed by atoms with Crippen molar-refractivity contribution in [1.29, 1.82) is 0 Å². The van der Waals surface area contributed by atoms with E-state index in [9.17, 15) is 0 Å². The van der Waals surface area contributed by atoms with Crippen LogP contribution in [-0.4, -0.2) is 12.1 Å². The van der Waals surface area contributed by atoms with Crippen LogP contribution in [0.4, 0.5) is 0 Å². The standard InChI is InChI=1S/C16H17NO2S/c1-11-8-14(6-7-15(11)16(17)20)19-13-5-3-4-12(9-13)10-18-2/h3-9H,10H2,1-2H3,(H2,17,20). The fourth-order valence-electron chi connectivity index (χ4n) is 1.98. The zero-order valence-electron chi connectivity index (χ0n) is 11.6. The molecule has 0 amide bonds. The van der Waals surface area contributed by atoms with E-state index in [0.29, 0.717) is 11.6 Å². The van der Waals surface area contributed by atoms with E-state index >= 15 is 0 Å². The zero-order valence-corrected chi connectivity index (χ0v) is 12.4. The lowest BCUT2D eigenvalue weighted by Crippen LogP contribution is -2.10. The molecule has 0 unspecified atom stereocenters. The Morgan fingerprint density at radius 3 is 2.55 bits per heavy atom. The third kappa shape index (κ3) is 3.56. The van der Waals surface area contributed by atoms with Crippen molar-refractivity contribution in [1.82, 2.24) is 0 Å². The summed E-state index contributed by atoms with van der Waals surface area (Å²) in [7, 11) is 1.67. The number of methoxy groups -OCH3 is 1. The molecule has 0 aromatic heterocycles. The third-order valence-electron chi connectivity index (χ3n) is 2.91. The molecule has 0 aliphatic carbocycles. The minimum atomic E-state index is 0.399. The summed E-state index contributed by atoms with van der Waals surface area (Å²) in [6.45, 7) is 2.53. The summed E-state index contributed by atoms with van der Waals surface area (Å²) in [5.74, 6) is 1.54. The fraction of sp³-hybridized carbons (Fsp3) is 0.188. The summed E-state index contributed by atoms with van der Waals surface area (Å²) < 4.78 is 11.0. The van der Waals surface area contributed by atoms with Crippen LogP contribution in [0.25, 0.3) is 0 Å². The molecule has 0 aliphatic rings. The summed E-state index contributed by atoms with van der Waals surface area (Å²) in [5, 5.41) is 0. The van der Waals surface area contributed by atoms with E-state index in [4.69, 9.17) is 27.4 Å². The maximum Gasteiger partial charge on any atom is 0.127 e. The van der Waals surface area contributed by atoms with Crippen molar-refractivity contribution in [3.8, 4) is 11.5 Å². The first kappa shape index (κ1) is 14.5. The van der Waals surface area contributed by atoms with Gasteiger partial charge < -0.3 is 15.2 Å². The number of ether oxygens (including phenoxy) is 2. The quantitative estimate of drug-likeness (QED) is 0.854. The maximum absolute atomic E-state index is 5.84. The Labute approximate surface area is 124 Å². The highest BCUT2D eigenvalue weighted by Gasteiger charge is 2.04. The summed E-state index contributed by atoms with van der Waals surface area (Å²) in [6.07, 6.45) is 0. The van der Waals surface area contributed by atoms with Gasteiger partial charge in [0.2, 0.25) is 0 Å². The van der Waals surface area contributed by atoms with Gasteiger partial charge in [-0.05, 0) is 48.4 Å². The average molecular weight is 287 g/mol. The minimum Gasteiger partial charge on any atom is -0.457 e. The van der Waals surface area contributed by atoms with Crippen molar-refractivity contribution in [3.63, 3.8) is 0 Å². The molecular formula is C16H17NO2S. The number of aryl methyl sites for hydroxylation is 1. The van der Waals surface area contributed by atoms with E-state index in [-0.39, 0.29) is 0 Å². The largest absolute Gasteiger partial charge is 0.457 e. The topological polar surface area (TPSA) is 44.5 Å². The SMILES string of the molecule is COCc1cccc(Oc2ccc(C(N)=S)c(C)c2)c1. The number of benzene rings is 2. The van der Waals surface area contributed by atoms with Gasteiger partial charge in [-0.25, -0.2) is 0 Å². The van der Waals surface area contributed by atoms with Crippen molar-refractivity contribution in [2.75, 3.05) is 7.11 Å². The second kappa shape index (κ2) is 6.50. The molecule has 0 atom stereocenters. The van der Waals surface area contributed by atoms with Gasteiger partial charge in [0.05, 0.1) is 6.61 Å². The molecule has 0 spiro atoms. The summed E-state index contributed by atoms with van der Waals surface area (Å²) in [5.41, 5.74) is 8.60. The van der Waals surface area contributed by atoms with Gasteiger partial charge in [-0.15, -0.1) is 0 Å². The molecule has 0 radical (unpaired) electrons. The van der Waals surface area contributed by atoms with E-state index in [0.717, 1.165) is 28.2 Å². The smallest absolute Gasteiger partial charge is 0.127 e. The molecule has 2 rings (SSSR count). The van der Waals surface area contributed by atoms with E-state index in [2.05, 4.69) is 0 Å². The van der Waals surface area contributed by atoms with Gasteiger partial charge in [-0.1, -0.05) is 24.4 Å². The molecule has 0 saturated carbocycles. The Morgan fingerprint density at radius 2 is 1.90 bits per heavy atom. The van der Waals surface area contributed by atoms with Crippen molar-refractivity contribution in [2.24, 2.45) is 5.73 Å². The third-order valence-corrected chi connectivity index (χ3v) is 3.13. The lowest BCUT2D eigenvalue weighted by Gasteiger charge is -2.10. The molecule has 20 heavy (non-hydrogen) atoms. The highest BCUT2D eigenvalue weighted by atomic mass is 32.1. The molecule has 0 heterocycles. The molecule has 0 saturated heterocycles. The van der Waals surface area contributed by atoms with E-state index in [1.165, 1.54) is 0 Å². The molecular weight excluding hydrogens is 270 g/mol. The van der Waals surface area contributed by atoms with Crippen molar-refractivity contribution >= 4 is 17.2 Å². The maximum atomic E-state index is 5.84. The van der Waals surface area contributed by atoms with Crippen LogP contribution in [0.1, 0.15) is 16.7 Å². The van der Waals surface area contributed by atoms with Crippen LogP contribution in [-0.2, 0) is 11.3 Å². The van der Waals surface area contributed by atoms with Crippen molar-refractivity contribution in [3.05, 3.63) is 59.2 Å². The number of hydrogen-bond acceptors (Lipinski definition) is 3. The lowest BCUT2D eigenvalue weighted by molar-refractivity contribution is 0.184. The molecule has 2 aromatic rings. The van der Waals surface area contributed by atoms with Crippen LogP contribution in [0.3, 0.4) is 0 Å². The average Bonchev–Trinajstić information content (AvgIpc) is 2.39. The van der Waals surface area contributed by atoms with Gasteiger partial charge >= 0.3 is 0 Å².